The lowest BCUT2D eigenvalue weighted by molar-refractivity contribution is -0.136. The van der Waals surface area contributed by atoms with Crippen LogP contribution in [0.1, 0.15) is 38.3 Å². The van der Waals surface area contributed by atoms with Crippen molar-refractivity contribution in [3.05, 3.63) is 11.1 Å². The lowest BCUT2D eigenvalue weighted by Gasteiger charge is -2.30. The molecule has 106 valence electrons. The molecule has 1 atom stereocenters. The molecule has 0 bridgehead atoms. The Morgan fingerprint density at radius 1 is 1.35 bits per heavy atom. The van der Waals surface area contributed by atoms with E-state index in [-0.39, 0.29) is 5.92 Å². The van der Waals surface area contributed by atoms with Crippen molar-refractivity contribution in [2.24, 2.45) is 11.8 Å². The Bertz CT molecular complexity index is 591. The molecule has 0 radical (unpaired) electrons. The van der Waals surface area contributed by atoms with Gasteiger partial charge in [-0.05, 0) is 18.8 Å². The van der Waals surface area contributed by atoms with Gasteiger partial charge in [-0.2, -0.15) is 0 Å². The van der Waals surface area contributed by atoms with E-state index in [9.17, 15) is 14.4 Å². The van der Waals surface area contributed by atoms with Crippen LogP contribution in [0.25, 0.3) is 0 Å². The molecule has 1 aliphatic carbocycles. The fourth-order valence-corrected chi connectivity index (χ4v) is 3.21. The molecule has 1 unspecified atom stereocenters. The summed E-state index contributed by atoms with van der Waals surface area (Å²) in [5.41, 5.74) is 0.934. The van der Waals surface area contributed by atoms with Crippen LogP contribution in [0.2, 0.25) is 0 Å². The highest BCUT2D eigenvalue weighted by molar-refractivity contribution is 7.14. The molecule has 2 fully saturated rings. The standard InChI is InChI=1S/C13H15N3O3S/c1-6(2)9-10(17)15-12(19)16(11(9)18)13-14-8(5-20-13)7-3-4-7/h5-7,9H,3-4H2,1-2H3,(H,15,17,19). The van der Waals surface area contributed by atoms with Crippen molar-refractivity contribution in [2.45, 2.75) is 32.6 Å². The molecule has 1 N–H and O–H groups in total. The van der Waals surface area contributed by atoms with Crippen molar-refractivity contribution in [2.75, 3.05) is 4.90 Å². The smallest absolute Gasteiger partial charge is 0.277 e. The van der Waals surface area contributed by atoms with Crippen LogP contribution in [0, 0.1) is 11.8 Å². The largest absolute Gasteiger partial charge is 0.337 e. The molecule has 1 aliphatic heterocycles. The Morgan fingerprint density at radius 3 is 2.65 bits per heavy atom. The Kier molecular flexibility index (Phi) is 3.08. The molecule has 20 heavy (non-hydrogen) atoms. The summed E-state index contributed by atoms with van der Waals surface area (Å²) in [6, 6.07) is -0.700. The number of rotatable bonds is 3. The van der Waals surface area contributed by atoms with E-state index in [1.165, 1.54) is 11.3 Å². The average molecular weight is 293 g/mol. The van der Waals surface area contributed by atoms with Gasteiger partial charge in [-0.1, -0.05) is 13.8 Å². The molecule has 1 aromatic rings. The summed E-state index contributed by atoms with van der Waals surface area (Å²) < 4.78 is 0. The number of carbonyl (C=O) groups is 3. The van der Waals surface area contributed by atoms with Gasteiger partial charge in [-0.3, -0.25) is 14.9 Å². The molecule has 1 saturated carbocycles. The van der Waals surface area contributed by atoms with Crippen LogP contribution in [-0.4, -0.2) is 22.8 Å². The molecule has 0 spiro atoms. The first kappa shape index (κ1) is 13.2. The number of carbonyl (C=O) groups excluding carboxylic acids is 3. The van der Waals surface area contributed by atoms with Crippen LogP contribution < -0.4 is 10.2 Å². The number of nitrogens with zero attached hydrogens (tertiary/aromatic N) is 2. The molecule has 3 rings (SSSR count). The van der Waals surface area contributed by atoms with Gasteiger partial charge in [-0.25, -0.2) is 14.7 Å². The predicted molar refractivity (Wildman–Crippen MR) is 73.4 cm³/mol. The number of thiazole rings is 1. The predicted octanol–water partition coefficient (Wildman–Crippen LogP) is 1.88. The van der Waals surface area contributed by atoms with E-state index < -0.39 is 23.8 Å². The first-order valence-corrected chi connectivity index (χ1v) is 7.51. The van der Waals surface area contributed by atoms with Crippen molar-refractivity contribution >= 4 is 34.3 Å². The van der Waals surface area contributed by atoms with E-state index in [1.807, 2.05) is 5.38 Å². The Hall–Kier alpha value is -1.76. The Morgan fingerprint density at radius 2 is 2.05 bits per heavy atom. The highest BCUT2D eigenvalue weighted by Crippen LogP contribution is 2.41. The fraction of sp³-hybridized carbons (Fsp3) is 0.538. The van der Waals surface area contributed by atoms with Crippen LogP contribution in [0.5, 0.6) is 0 Å². The lowest BCUT2D eigenvalue weighted by atomic mass is 9.92. The minimum atomic E-state index is -0.832. The maximum absolute atomic E-state index is 12.4. The van der Waals surface area contributed by atoms with Crippen molar-refractivity contribution in [3.8, 4) is 0 Å². The second-order valence-electron chi connectivity index (χ2n) is 5.52. The zero-order chi connectivity index (χ0) is 14.4. The number of imide groups is 2. The van der Waals surface area contributed by atoms with Gasteiger partial charge in [0.25, 0.3) is 0 Å². The minimum absolute atomic E-state index is 0.166. The third kappa shape index (κ3) is 2.11. The van der Waals surface area contributed by atoms with E-state index in [0.717, 1.165) is 23.4 Å². The van der Waals surface area contributed by atoms with E-state index in [2.05, 4.69) is 10.3 Å². The second-order valence-corrected chi connectivity index (χ2v) is 6.36. The van der Waals surface area contributed by atoms with E-state index in [0.29, 0.717) is 11.0 Å². The minimum Gasteiger partial charge on any atom is -0.277 e. The average Bonchev–Trinajstić information content (AvgIpc) is 3.08. The maximum Gasteiger partial charge on any atom is 0.337 e. The molecule has 6 nitrogen and oxygen atoms in total. The summed E-state index contributed by atoms with van der Waals surface area (Å²) in [6.45, 7) is 3.57. The first-order chi connectivity index (χ1) is 9.49. The summed E-state index contributed by atoms with van der Waals surface area (Å²) in [5.74, 6) is -1.54. The Labute approximate surface area is 120 Å². The summed E-state index contributed by atoms with van der Waals surface area (Å²) in [7, 11) is 0. The summed E-state index contributed by atoms with van der Waals surface area (Å²) >= 11 is 1.27. The number of amides is 4. The van der Waals surface area contributed by atoms with Crippen LogP contribution in [0.15, 0.2) is 5.38 Å². The zero-order valence-corrected chi connectivity index (χ0v) is 12.1. The molecule has 0 aromatic carbocycles. The lowest BCUT2D eigenvalue weighted by Crippen LogP contribution is -2.59. The van der Waals surface area contributed by atoms with Gasteiger partial charge in [-0.15, -0.1) is 11.3 Å². The summed E-state index contributed by atoms with van der Waals surface area (Å²) in [6.07, 6.45) is 2.22. The van der Waals surface area contributed by atoms with Gasteiger partial charge < -0.3 is 0 Å². The quantitative estimate of drug-likeness (QED) is 0.863. The normalized spacial score (nSPS) is 23.4. The first-order valence-electron chi connectivity index (χ1n) is 6.63. The third-order valence-corrected chi connectivity index (χ3v) is 4.41. The third-order valence-electron chi connectivity index (χ3n) is 3.57. The topological polar surface area (TPSA) is 79.4 Å². The molecule has 1 aromatic heterocycles. The summed E-state index contributed by atoms with van der Waals surface area (Å²) in [4.78, 5) is 41.4. The summed E-state index contributed by atoms with van der Waals surface area (Å²) in [5, 5.41) is 4.48. The number of urea groups is 1. The number of nitrogens with one attached hydrogen (secondary N) is 1. The maximum atomic E-state index is 12.4. The van der Waals surface area contributed by atoms with Gasteiger partial charge in [0.2, 0.25) is 16.9 Å². The molecule has 4 amide bonds. The van der Waals surface area contributed by atoms with Crippen LogP contribution in [0.3, 0.4) is 0 Å². The molecule has 1 saturated heterocycles. The highest BCUT2D eigenvalue weighted by Gasteiger charge is 2.44. The molecular formula is C13H15N3O3S. The van der Waals surface area contributed by atoms with Crippen LogP contribution in [0.4, 0.5) is 9.93 Å². The van der Waals surface area contributed by atoms with Crippen LogP contribution >= 0.6 is 11.3 Å². The molecule has 2 aliphatic rings. The molecule has 2 heterocycles. The van der Waals surface area contributed by atoms with Gasteiger partial charge in [0.15, 0.2) is 0 Å². The van der Waals surface area contributed by atoms with Crippen molar-refractivity contribution in [3.63, 3.8) is 0 Å². The number of anilines is 1. The molecular weight excluding hydrogens is 278 g/mol. The highest BCUT2D eigenvalue weighted by atomic mass is 32.1. The van der Waals surface area contributed by atoms with Crippen LogP contribution in [-0.2, 0) is 9.59 Å². The van der Waals surface area contributed by atoms with Crippen molar-refractivity contribution in [1.82, 2.24) is 10.3 Å². The molecule has 7 heteroatoms. The van der Waals surface area contributed by atoms with Gasteiger partial charge in [0.1, 0.15) is 5.92 Å². The van der Waals surface area contributed by atoms with E-state index in [1.54, 1.807) is 13.8 Å². The number of hydrogen-bond acceptors (Lipinski definition) is 5. The van der Waals surface area contributed by atoms with E-state index >= 15 is 0 Å². The van der Waals surface area contributed by atoms with Gasteiger partial charge in [0, 0.05) is 11.3 Å². The number of aromatic nitrogens is 1. The number of barbiturate groups is 1. The number of hydrogen-bond donors (Lipinski definition) is 1. The van der Waals surface area contributed by atoms with Gasteiger partial charge in [0.05, 0.1) is 5.69 Å². The Balaban J connectivity index is 1.91. The fourth-order valence-electron chi connectivity index (χ4n) is 2.30. The van der Waals surface area contributed by atoms with Gasteiger partial charge >= 0.3 is 6.03 Å². The van der Waals surface area contributed by atoms with E-state index in [4.69, 9.17) is 0 Å². The van der Waals surface area contributed by atoms with Crippen molar-refractivity contribution in [1.29, 1.82) is 0 Å². The zero-order valence-electron chi connectivity index (χ0n) is 11.3. The monoisotopic (exact) mass is 293 g/mol. The SMILES string of the molecule is CC(C)C1C(=O)NC(=O)N(c2nc(C3CC3)cs2)C1=O. The van der Waals surface area contributed by atoms with Crippen molar-refractivity contribution < 1.29 is 14.4 Å². The second kappa shape index (κ2) is 4.66.